The molecule has 0 spiro atoms. The molecule has 1 aliphatic rings. The van der Waals surface area contributed by atoms with Crippen LogP contribution in [0.4, 0.5) is 45.2 Å². The molecular formula is C27H22F9N7O6. The number of nitrogens with zero attached hydrogens (tertiary/aromatic N) is 3. The first kappa shape index (κ1) is 36.3. The van der Waals surface area contributed by atoms with Crippen LogP contribution in [0.15, 0.2) is 41.5 Å². The third-order valence-electron chi connectivity index (χ3n) is 6.86. The number of fused-ring (bicyclic) bond motifs is 1. The maximum absolute atomic E-state index is 13.8. The van der Waals surface area contributed by atoms with Crippen LogP contribution < -0.4 is 26.8 Å². The first-order valence-electron chi connectivity index (χ1n) is 13.5. The third-order valence-corrected chi connectivity index (χ3v) is 6.86. The Morgan fingerprint density at radius 2 is 1.73 bits per heavy atom. The fourth-order valence-electron chi connectivity index (χ4n) is 4.80. The van der Waals surface area contributed by atoms with Crippen LogP contribution in [-0.4, -0.2) is 71.5 Å². The molecule has 264 valence electrons. The van der Waals surface area contributed by atoms with Crippen LogP contribution in [-0.2, 0) is 25.3 Å². The molecule has 2 amide bonds. The molecule has 49 heavy (non-hydrogen) atoms. The van der Waals surface area contributed by atoms with Crippen molar-refractivity contribution >= 4 is 46.3 Å². The number of nitrogens with two attached hydrogens (primary N) is 2. The van der Waals surface area contributed by atoms with Gasteiger partial charge in [0, 0.05) is 16.9 Å². The summed E-state index contributed by atoms with van der Waals surface area (Å²) in [6.45, 7) is -4.08. The molecule has 13 nitrogen and oxygen atoms in total. The van der Waals surface area contributed by atoms with Gasteiger partial charge in [-0.05, 0) is 35.9 Å². The first-order chi connectivity index (χ1) is 22.7. The zero-order valence-corrected chi connectivity index (χ0v) is 24.2. The summed E-state index contributed by atoms with van der Waals surface area (Å²) in [6, 6.07) is 1.02. The van der Waals surface area contributed by atoms with Gasteiger partial charge in [0.25, 0.3) is 0 Å². The number of hydrogen-bond acceptors (Lipinski definition) is 10. The van der Waals surface area contributed by atoms with Gasteiger partial charge in [0.1, 0.15) is 18.0 Å². The average Bonchev–Trinajstić information content (AvgIpc) is 3.40. The van der Waals surface area contributed by atoms with Crippen LogP contribution in [0.2, 0.25) is 0 Å². The molecule has 2 heterocycles. The number of nitrogens with one attached hydrogen (secondary N) is 2. The van der Waals surface area contributed by atoms with Crippen molar-refractivity contribution in [1.82, 2.24) is 15.1 Å². The number of guanidine groups is 1. The molecule has 0 saturated heterocycles. The lowest BCUT2D eigenvalue weighted by Crippen LogP contribution is -2.41. The minimum atomic E-state index is -5.70. The molecule has 0 aliphatic carbocycles. The van der Waals surface area contributed by atoms with Crippen molar-refractivity contribution in [2.24, 2.45) is 16.5 Å². The van der Waals surface area contributed by atoms with Crippen LogP contribution in [0.25, 0.3) is 10.9 Å². The maximum Gasteiger partial charge on any atom is 0.491 e. The monoisotopic (exact) mass is 711 g/mol. The van der Waals surface area contributed by atoms with E-state index in [4.69, 9.17) is 11.5 Å². The second-order valence-corrected chi connectivity index (χ2v) is 10.3. The Bertz CT molecular complexity index is 1810. The van der Waals surface area contributed by atoms with Gasteiger partial charge >= 0.3 is 30.9 Å². The van der Waals surface area contributed by atoms with E-state index in [1.165, 1.54) is 6.07 Å². The molecule has 0 bridgehead atoms. The van der Waals surface area contributed by atoms with Crippen molar-refractivity contribution in [3.8, 4) is 5.75 Å². The van der Waals surface area contributed by atoms with Crippen molar-refractivity contribution < 1.29 is 68.2 Å². The second-order valence-electron chi connectivity index (χ2n) is 10.3. The number of carbonyl (C=O) groups excluding carboxylic acids is 4. The fourth-order valence-corrected chi connectivity index (χ4v) is 4.80. The molecule has 4 rings (SSSR count). The topological polar surface area (TPSA) is 193 Å². The Hall–Kier alpha value is -5.57. The fraction of sp³-hybridized carbons (Fsp3) is 0.333. The average molecular weight is 711 g/mol. The van der Waals surface area contributed by atoms with Crippen LogP contribution in [0, 0.1) is 0 Å². The van der Waals surface area contributed by atoms with Gasteiger partial charge in [0.2, 0.25) is 11.8 Å². The van der Waals surface area contributed by atoms with E-state index in [9.17, 15) is 58.7 Å². The second kappa shape index (κ2) is 13.9. The largest absolute Gasteiger partial charge is 0.491 e. The highest BCUT2D eigenvalue weighted by Gasteiger charge is 2.44. The summed E-state index contributed by atoms with van der Waals surface area (Å²) < 4.78 is 128. The number of anilines is 1. The number of carbonyl (C=O) groups is 4. The number of aliphatic imine (C=N–C) groups is 1. The molecule has 3 aromatic rings. The Morgan fingerprint density at radius 1 is 1.04 bits per heavy atom. The summed E-state index contributed by atoms with van der Waals surface area (Å²) in [5.41, 5.74) is 8.06. The zero-order chi connectivity index (χ0) is 36.4. The molecule has 0 fully saturated rings. The van der Waals surface area contributed by atoms with Crippen molar-refractivity contribution in [3.63, 3.8) is 0 Å². The minimum Gasteiger partial charge on any atom is -0.435 e. The highest BCUT2D eigenvalue weighted by Crippen LogP contribution is 2.41. The number of hydrogen-bond donors (Lipinski definition) is 4. The first-order valence-corrected chi connectivity index (χ1v) is 13.5. The van der Waals surface area contributed by atoms with Gasteiger partial charge in [-0.25, -0.2) is 14.2 Å². The summed E-state index contributed by atoms with van der Waals surface area (Å²) in [5.74, 6) is -10.8. The van der Waals surface area contributed by atoms with Crippen molar-refractivity contribution in [2.75, 3.05) is 18.4 Å². The number of ether oxygens (including phenoxy) is 2. The predicted octanol–water partition coefficient (Wildman–Crippen LogP) is 3.30. The number of aromatic nitrogens is 2. The van der Waals surface area contributed by atoms with Crippen molar-refractivity contribution in [3.05, 3.63) is 53.2 Å². The highest BCUT2D eigenvalue weighted by molar-refractivity contribution is 6.07. The van der Waals surface area contributed by atoms with Crippen LogP contribution in [0.5, 0.6) is 5.75 Å². The Labute approximate surface area is 267 Å². The summed E-state index contributed by atoms with van der Waals surface area (Å²) in [5, 5.41) is 9.44. The van der Waals surface area contributed by atoms with Crippen LogP contribution >= 0.6 is 0 Å². The SMILES string of the molecule is NC(=O)c1cc(NC2=NCC(F)CN2)c2cnn(C(C(N)=O)[C@@H](CC(=O)OC(=O)C(F)(F)F)c3cc(OC(F)F)cc(C(F)(F)F)c3)c2c1. The van der Waals surface area contributed by atoms with Gasteiger partial charge in [-0.2, -0.15) is 40.2 Å². The summed E-state index contributed by atoms with van der Waals surface area (Å²) in [6.07, 6.45) is -12.7. The number of esters is 2. The Morgan fingerprint density at radius 3 is 2.29 bits per heavy atom. The normalized spacial score (nSPS) is 16.4. The van der Waals surface area contributed by atoms with Gasteiger partial charge in [-0.15, -0.1) is 0 Å². The number of alkyl halides is 9. The van der Waals surface area contributed by atoms with Gasteiger partial charge in [0.05, 0.1) is 42.5 Å². The predicted molar refractivity (Wildman–Crippen MR) is 148 cm³/mol. The molecule has 1 aliphatic heterocycles. The van der Waals surface area contributed by atoms with E-state index in [1.54, 1.807) is 0 Å². The van der Waals surface area contributed by atoms with Gasteiger partial charge < -0.3 is 31.6 Å². The number of halogens is 9. The number of primary amides is 2. The molecule has 22 heteroatoms. The lowest BCUT2D eigenvalue weighted by Gasteiger charge is -2.27. The van der Waals surface area contributed by atoms with Gasteiger partial charge in [-0.3, -0.25) is 19.1 Å². The van der Waals surface area contributed by atoms with Gasteiger partial charge in [-0.1, -0.05) is 0 Å². The number of amides is 2. The molecule has 1 aromatic heterocycles. The highest BCUT2D eigenvalue weighted by atomic mass is 19.4. The minimum absolute atomic E-state index is 0.00255. The van der Waals surface area contributed by atoms with E-state index in [2.05, 4.69) is 30.2 Å². The molecule has 3 atom stereocenters. The summed E-state index contributed by atoms with van der Waals surface area (Å²) in [7, 11) is 0. The van der Waals surface area contributed by atoms with E-state index >= 15 is 0 Å². The lowest BCUT2D eigenvalue weighted by molar-refractivity contribution is -0.202. The third kappa shape index (κ3) is 8.67. The number of rotatable bonds is 10. The molecule has 2 aromatic carbocycles. The molecule has 0 saturated carbocycles. The van der Waals surface area contributed by atoms with E-state index in [-0.39, 0.29) is 53.3 Å². The van der Waals surface area contributed by atoms with Crippen molar-refractivity contribution in [2.45, 2.75) is 43.5 Å². The van der Waals surface area contributed by atoms with E-state index in [1.807, 2.05) is 0 Å². The quantitative estimate of drug-likeness (QED) is 0.139. The molecule has 2 unspecified atom stereocenters. The van der Waals surface area contributed by atoms with E-state index in [0.29, 0.717) is 10.7 Å². The molecule has 0 radical (unpaired) electrons. The zero-order valence-electron chi connectivity index (χ0n) is 24.2. The van der Waals surface area contributed by atoms with Crippen LogP contribution in [0.1, 0.15) is 39.9 Å². The molecule has 6 N–H and O–H groups in total. The van der Waals surface area contributed by atoms with Crippen molar-refractivity contribution in [1.29, 1.82) is 0 Å². The lowest BCUT2D eigenvalue weighted by atomic mass is 9.86. The van der Waals surface area contributed by atoms with E-state index in [0.717, 1.165) is 12.3 Å². The van der Waals surface area contributed by atoms with Crippen LogP contribution in [0.3, 0.4) is 0 Å². The van der Waals surface area contributed by atoms with E-state index < -0.39 is 84.1 Å². The standard InChI is InChI=1S/C27H22F9N7O6/c28-13-7-39-25(40-8-13)42-17-3-11(21(37)45)4-18-16(17)9-41-43(18)20(22(38)46)15(6-19(44)49-23(47)27(34,35)36)10-1-12(26(31,32)33)5-14(2-10)48-24(29)30/h1-5,9,13,15,20,24H,6-8H2,(H2,37,45)(H2,38,46)(H2,39,40,42)/t15-,20?/m0/s1. The van der Waals surface area contributed by atoms with Gasteiger partial charge in [0.15, 0.2) is 5.96 Å². The summed E-state index contributed by atoms with van der Waals surface area (Å²) >= 11 is 0. The number of benzene rings is 2. The molecular weight excluding hydrogens is 689 g/mol. The Kier molecular flexibility index (Phi) is 10.3. The Balaban J connectivity index is 1.93. The maximum atomic E-state index is 13.8. The summed E-state index contributed by atoms with van der Waals surface area (Å²) in [4.78, 5) is 53.2. The smallest absolute Gasteiger partial charge is 0.435 e.